The number of aliphatic hydroxyl groups excluding tert-OH is 1. The van der Waals surface area contributed by atoms with Gasteiger partial charge in [-0.15, -0.1) is 0 Å². The molecule has 0 fully saturated rings. The number of imidazole rings is 1. The summed E-state index contributed by atoms with van der Waals surface area (Å²) in [4.78, 5) is 4.91. The number of methoxy groups -OCH3 is 2. The van der Waals surface area contributed by atoms with Crippen LogP contribution in [-0.4, -0.2) is 45.3 Å². The first-order chi connectivity index (χ1) is 20.1. The maximum absolute atomic E-state index is 9.84. The fourth-order valence-electron chi connectivity index (χ4n) is 5.96. The maximum Gasteiger partial charge on any atom is 0.171 e. The van der Waals surface area contributed by atoms with E-state index in [4.69, 9.17) is 19.6 Å². The Hall–Kier alpha value is -4.88. The van der Waals surface area contributed by atoms with Crippen LogP contribution < -0.4 is 9.47 Å². The van der Waals surface area contributed by atoms with Crippen LogP contribution in [0.3, 0.4) is 0 Å². The lowest BCUT2D eigenvalue weighted by Gasteiger charge is -2.37. The molecule has 6 aromatic rings. The van der Waals surface area contributed by atoms with E-state index in [1.165, 1.54) is 0 Å². The zero-order chi connectivity index (χ0) is 28.4. The highest BCUT2D eigenvalue weighted by atomic mass is 16.5. The van der Waals surface area contributed by atoms with Crippen molar-refractivity contribution in [2.24, 2.45) is 0 Å². The highest BCUT2D eigenvalue weighted by Crippen LogP contribution is 2.42. The number of benzene rings is 4. The van der Waals surface area contributed by atoms with Gasteiger partial charge in [-0.2, -0.15) is 5.10 Å². The minimum absolute atomic E-state index is 0.0204. The summed E-state index contributed by atoms with van der Waals surface area (Å²) < 4.78 is 15.3. The molecule has 0 radical (unpaired) electrons. The van der Waals surface area contributed by atoms with E-state index < -0.39 is 5.54 Å². The van der Waals surface area contributed by atoms with Gasteiger partial charge in [0.1, 0.15) is 5.54 Å². The molecular formula is C34H32N4O3. The summed E-state index contributed by atoms with van der Waals surface area (Å²) in [6, 6.07) is 33.4. The number of fused-ring (bicyclic) bond motifs is 1. The van der Waals surface area contributed by atoms with Gasteiger partial charge in [-0.1, -0.05) is 91.0 Å². The molecule has 2 heterocycles. The van der Waals surface area contributed by atoms with Gasteiger partial charge < -0.3 is 19.1 Å². The Balaban J connectivity index is 1.63. The molecule has 41 heavy (non-hydrogen) atoms. The van der Waals surface area contributed by atoms with Gasteiger partial charge in [0, 0.05) is 30.0 Å². The fraction of sp³-hybridized carbons (Fsp3) is 0.176. The summed E-state index contributed by atoms with van der Waals surface area (Å²) >= 11 is 0. The molecule has 0 atom stereocenters. The second-order valence-corrected chi connectivity index (χ2v) is 9.91. The molecule has 0 bridgehead atoms. The Morgan fingerprint density at radius 3 is 1.85 bits per heavy atom. The van der Waals surface area contributed by atoms with Crippen LogP contribution in [-0.2, 0) is 12.0 Å². The summed E-state index contributed by atoms with van der Waals surface area (Å²) in [5.74, 6) is 1.92. The normalized spacial score (nSPS) is 11.6. The number of nitrogens with zero attached hydrogens (tertiary/aromatic N) is 4. The number of ether oxygens (including phenoxy) is 2. The molecule has 2 aromatic heterocycles. The summed E-state index contributed by atoms with van der Waals surface area (Å²) in [5, 5.41) is 15.7. The largest absolute Gasteiger partial charge is 0.493 e. The van der Waals surface area contributed by atoms with Crippen LogP contribution >= 0.6 is 0 Å². The molecule has 1 N–H and O–H groups in total. The van der Waals surface area contributed by atoms with Crippen LogP contribution in [0.4, 0.5) is 0 Å². The van der Waals surface area contributed by atoms with Crippen molar-refractivity contribution in [1.29, 1.82) is 0 Å². The van der Waals surface area contributed by atoms with Crippen molar-refractivity contribution in [1.82, 2.24) is 19.3 Å². The predicted octanol–water partition coefficient (Wildman–Crippen LogP) is 5.92. The second-order valence-electron chi connectivity index (χ2n) is 9.91. The third-order valence-electron chi connectivity index (χ3n) is 7.72. The van der Waals surface area contributed by atoms with Gasteiger partial charge in [0.2, 0.25) is 0 Å². The summed E-state index contributed by atoms with van der Waals surface area (Å²) in [5.41, 5.74) is 5.14. The maximum atomic E-state index is 9.84. The van der Waals surface area contributed by atoms with Gasteiger partial charge in [0.25, 0.3) is 0 Å². The lowest BCUT2D eigenvalue weighted by atomic mass is 9.77. The molecular weight excluding hydrogens is 512 g/mol. The van der Waals surface area contributed by atoms with Gasteiger partial charge >= 0.3 is 0 Å². The van der Waals surface area contributed by atoms with E-state index in [0.717, 1.165) is 38.9 Å². The molecule has 0 aliphatic rings. The molecule has 0 amide bonds. The lowest BCUT2D eigenvalue weighted by molar-refractivity contribution is 0.298. The molecule has 0 aliphatic heterocycles. The van der Waals surface area contributed by atoms with E-state index in [1.54, 1.807) is 14.2 Å². The molecule has 4 aromatic carbocycles. The monoisotopic (exact) mass is 544 g/mol. The first kappa shape index (κ1) is 26.3. The first-order valence-corrected chi connectivity index (χ1v) is 13.6. The van der Waals surface area contributed by atoms with Crippen LogP contribution in [0.2, 0.25) is 0 Å². The Morgan fingerprint density at radius 2 is 1.37 bits per heavy atom. The summed E-state index contributed by atoms with van der Waals surface area (Å²) in [7, 11) is 3.26. The van der Waals surface area contributed by atoms with E-state index in [0.29, 0.717) is 23.7 Å². The van der Waals surface area contributed by atoms with Gasteiger partial charge in [-0.3, -0.25) is 0 Å². The van der Waals surface area contributed by atoms with Crippen LogP contribution in [0.15, 0.2) is 110 Å². The molecule has 206 valence electrons. The molecule has 0 saturated heterocycles. The van der Waals surface area contributed by atoms with E-state index in [2.05, 4.69) is 77.4 Å². The molecule has 6 rings (SSSR count). The third-order valence-corrected chi connectivity index (χ3v) is 7.72. The van der Waals surface area contributed by atoms with Crippen molar-refractivity contribution in [2.75, 3.05) is 20.8 Å². The van der Waals surface area contributed by atoms with Gasteiger partial charge in [0.15, 0.2) is 17.3 Å². The summed E-state index contributed by atoms with van der Waals surface area (Å²) in [6.07, 6.45) is 4.31. The van der Waals surface area contributed by atoms with Crippen molar-refractivity contribution >= 4 is 10.9 Å². The molecule has 0 spiro atoms. The van der Waals surface area contributed by atoms with Crippen molar-refractivity contribution in [3.05, 3.63) is 138 Å². The van der Waals surface area contributed by atoms with Gasteiger partial charge in [-0.25, -0.2) is 9.67 Å². The zero-order valence-electron chi connectivity index (χ0n) is 23.4. The van der Waals surface area contributed by atoms with Crippen molar-refractivity contribution in [3.63, 3.8) is 0 Å². The lowest BCUT2D eigenvalue weighted by Crippen LogP contribution is -2.36. The van der Waals surface area contributed by atoms with Crippen molar-refractivity contribution in [2.45, 2.75) is 18.9 Å². The number of aromatic nitrogens is 4. The number of aliphatic hydroxyl groups is 1. The Kier molecular flexibility index (Phi) is 7.03. The Labute approximate surface area is 239 Å². The van der Waals surface area contributed by atoms with E-state index in [1.807, 2.05) is 48.4 Å². The molecule has 0 unspecified atom stereocenters. The standard InChI is InChI=1S/C34H32N4O3/c1-24-32-28(19-20-39)36-38(29(32)21-30(40-2)33(24)41-3)31-22-37(23-35-31)34(25-13-7-4-8-14-25,26-15-9-5-10-16-26)27-17-11-6-12-18-27/h4-18,21-23,39H,19-20H2,1-3H3. The SMILES string of the molecule is COc1cc2c(c(CCO)nn2-c2cn(C(c3ccccc3)(c3ccccc3)c3ccccc3)cn2)c(C)c1OC. The quantitative estimate of drug-likeness (QED) is 0.229. The summed E-state index contributed by atoms with van der Waals surface area (Å²) in [6.45, 7) is 1.97. The van der Waals surface area contributed by atoms with E-state index in [9.17, 15) is 5.11 Å². The van der Waals surface area contributed by atoms with E-state index in [-0.39, 0.29) is 6.61 Å². The smallest absolute Gasteiger partial charge is 0.171 e. The minimum Gasteiger partial charge on any atom is -0.493 e. The second kappa shape index (κ2) is 10.9. The van der Waals surface area contributed by atoms with Crippen LogP contribution in [0, 0.1) is 6.92 Å². The third kappa shape index (κ3) is 4.26. The van der Waals surface area contributed by atoms with Crippen molar-refractivity contribution < 1.29 is 14.6 Å². The minimum atomic E-state index is -0.692. The number of hydrogen-bond donors (Lipinski definition) is 1. The van der Waals surface area contributed by atoms with Crippen LogP contribution in [0.25, 0.3) is 16.7 Å². The number of hydrogen-bond acceptors (Lipinski definition) is 5. The number of rotatable bonds is 9. The van der Waals surface area contributed by atoms with Crippen molar-refractivity contribution in [3.8, 4) is 17.3 Å². The fourth-order valence-corrected chi connectivity index (χ4v) is 5.96. The topological polar surface area (TPSA) is 74.3 Å². The highest BCUT2D eigenvalue weighted by molar-refractivity contribution is 5.90. The highest BCUT2D eigenvalue weighted by Gasteiger charge is 2.38. The van der Waals surface area contributed by atoms with Gasteiger partial charge in [0.05, 0.1) is 38.0 Å². The molecule has 7 heteroatoms. The first-order valence-electron chi connectivity index (χ1n) is 13.6. The molecule has 0 aliphatic carbocycles. The predicted molar refractivity (Wildman–Crippen MR) is 160 cm³/mol. The average Bonchev–Trinajstić information content (AvgIpc) is 3.65. The van der Waals surface area contributed by atoms with Gasteiger partial charge in [-0.05, 0) is 23.6 Å². The van der Waals surface area contributed by atoms with Crippen LogP contribution in [0.1, 0.15) is 27.9 Å². The Bertz CT molecular complexity index is 1680. The van der Waals surface area contributed by atoms with E-state index >= 15 is 0 Å². The zero-order valence-corrected chi connectivity index (χ0v) is 23.4. The molecule has 0 saturated carbocycles. The average molecular weight is 545 g/mol. The van der Waals surface area contributed by atoms with Crippen LogP contribution in [0.5, 0.6) is 11.5 Å². The molecule has 7 nitrogen and oxygen atoms in total. The number of aryl methyl sites for hydroxylation is 1. The Morgan fingerprint density at radius 1 is 0.805 bits per heavy atom.